The Hall–Kier alpha value is -0.900. The summed E-state index contributed by atoms with van der Waals surface area (Å²) in [6, 6.07) is 1.93. The molecular weight excluding hydrogens is 174 g/mol. The highest BCUT2D eigenvalue weighted by molar-refractivity contribution is 7.99. The first-order valence-electron chi connectivity index (χ1n) is 3.68. The van der Waals surface area contributed by atoms with Gasteiger partial charge in [-0.3, -0.25) is 4.79 Å². The van der Waals surface area contributed by atoms with Crippen molar-refractivity contribution in [2.45, 2.75) is 11.8 Å². The Morgan fingerprint density at radius 2 is 2.58 bits per heavy atom. The molecule has 3 nitrogen and oxygen atoms in total. The normalized spacial score (nSPS) is 12.8. The number of carbonyl (C=O) groups is 1. The van der Waals surface area contributed by atoms with Crippen molar-refractivity contribution in [2.75, 3.05) is 5.75 Å². The van der Waals surface area contributed by atoms with Gasteiger partial charge in [0.25, 0.3) is 0 Å². The molecule has 2 N–H and O–H groups in total. The largest absolute Gasteiger partial charge is 0.481 e. The van der Waals surface area contributed by atoms with Crippen molar-refractivity contribution in [3.05, 3.63) is 18.5 Å². The van der Waals surface area contributed by atoms with Gasteiger partial charge in [-0.05, 0) is 6.07 Å². The van der Waals surface area contributed by atoms with Crippen molar-refractivity contribution in [1.29, 1.82) is 0 Å². The molecule has 1 aromatic heterocycles. The lowest BCUT2D eigenvalue weighted by Gasteiger charge is -2.02. The minimum absolute atomic E-state index is 0.287. The van der Waals surface area contributed by atoms with Crippen molar-refractivity contribution in [1.82, 2.24) is 4.98 Å². The van der Waals surface area contributed by atoms with Crippen molar-refractivity contribution in [3.8, 4) is 0 Å². The fraction of sp³-hybridized carbons (Fsp3) is 0.375. The summed E-state index contributed by atoms with van der Waals surface area (Å²) in [7, 11) is 0. The van der Waals surface area contributed by atoms with Gasteiger partial charge in [0.1, 0.15) is 0 Å². The molecular formula is C8H11NO2S. The Balaban J connectivity index is 2.31. The molecule has 0 aliphatic rings. The van der Waals surface area contributed by atoms with E-state index in [1.54, 1.807) is 18.7 Å². The number of thioether (sulfide) groups is 1. The number of rotatable bonds is 4. The lowest BCUT2D eigenvalue weighted by molar-refractivity contribution is -0.140. The van der Waals surface area contributed by atoms with Crippen LogP contribution in [0, 0.1) is 5.92 Å². The van der Waals surface area contributed by atoms with Crippen molar-refractivity contribution in [3.63, 3.8) is 0 Å². The minimum atomic E-state index is -0.738. The summed E-state index contributed by atoms with van der Waals surface area (Å²) in [6.07, 6.45) is 3.69. The number of carboxylic acids is 1. The molecule has 0 fully saturated rings. The van der Waals surface area contributed by atoms with Gasteiger partial charge < -0.3 is 10.1 Å². The minimum Gasteiger partial charge on any atom is -0.481 e. The van der Waals surface area contributed by atoms with E-state index in [4.69, 9.17) is 5.11 Å². The van der Waals surface area contributed by atoms with Crippen LogP contribution in [-0.2, 0) is 4.79 Å². The highest BCUT2D eigenvalue weighted by Crippen LogP contribution is 2.19. The SMILES string of the molecule is CC(CSc1cc[nH]c1)C(=O)O. The Morgan fingerprint density at radius 3 is 3.08 bits per heavy atom. The first-order chi connectivity index (χ1) is 5.70. The molecule has 1 atom stereocenters. The quantitative estimate of drug-likeness (QED) is 0.703. The molecule has 0 radical (unpaired) electrons. The highest BCUT2D eigenvalue weighted by atomic mass is 32.2. The van der Waals surface area contributed by atoms with E-state index in [9.17, 15) is 4.79 Å². The zero-order chi connectivity index (χ0) is 8.97. The van der Waals surface area contributed by atoms with Crippen molar-refractivity contribution >= 4 is 17.7 Å². The molecule has 1 heterocycles. The van der Waals surface area contributed by atoms with Crippen LogP contribution in [0.3, 0.4) is 0 Å². The Labute approximate surface area is 75.2 Å². The number of aromatic amines is 1. The van der Waals surface area contributed by atoms with Crippen LogP contribution in [0.2, 0.25) is 0 Å². The zero-order valence-corrected chi connectivity index (χ0v) is 7.60. The fourth-order valence-corrected chi connectivity index (χ4v) is 1.59. The summed E-state index contributed by atoms with van der Waals surface area (Å²) >= 11 is 1.55. The number of hydrogen-bond acceptors (Lipinski definition) is 2. The lowest BCUT2D eigenvalue weighted by atomic mass is 10.2. The summed E-state index contributed by atoms with van der Waals surface area (Å²) in [5.74, 6) is -0.407. The molecule has 0 bridgehead atoms. The van der Waals surface area contributed by atoms with E-state index in [1.807, 2.05) is 18.5 Å². The maximum atomic E-state index is 10.4. The second kappa shape index (κ2) is 4.21. The van der Waals surface area contributed by atoms with E-state index in [-0.39, 0.29) is 5.92 Å². The molecule has 1 unspecified atom stereocenters. The van der Waals surface area contributed by atoms with Gasteiger partial charge in [-0.15, -0.1) is 11.8 Å². The van der Waals surface area contributed by atoms with E-state index < -0.39 is 5.97 Å². The van der Waals surface area contributed by atoms with Gasteiger partial charge in [-0.2, -0.15) is 0 Å². The van der Waals surface area contributed by atoms with Gasteiger partial charge in [0.15, 0.2) is 0 Å². The molecule has 1 rings (SSSR count). The molecule has 0 aliphatic heterocycles. The Kier molecular flexibility index (Phi) is 3.22. The molecule has 4 heteroatoms. The van der Waals surface area contributed by atoms with Crippen LogP contribution in [0.25, 0.3) is 0 Å². The maximum absolute atomic E-state index is 10.4. The van der Waals surface area contributed by atoms with Crippen LogP contribution in [0.5, 0.6) is 0 Å². The van der Waals surface area contributed by atoms with E-state index in [0.717, 1.165) is 4.90 Å². The summed E-state index contributed by atoms with van der Waals surface area (Å²) in [5.41, 5.74) is 0. The summed E-state index contributed by atoms with van der Waals surface area (Å²) in [5, 5.41) is 8.59. The molecule has 66 valence electrons. The van der Waals surface area contributed by atoms with Gasteiger partial charge in [0.05, 0.1) is 5.92 Å². The van der Waals surface area contributed by atoms with Crippen molar-refractivity contribution in [2.24, 2.45) is 5.92 Å². The monoisotopic (exact) mass is 185 g/mol. The highest BCUT2D eigenvalue weighted by Gasteiger charge is 2.10. The van der Waals surface area contributed by atoms with Crippen LogP contribution in [-0.4, -0.2) is 21.8 Å². The molecule has 0 aromatic carbocycles. The number of H-pyrrole nitrogens is 1. The Bertz CT molecular complexity index is 246. The average molecular weight is 185 g/mol. The fourth-order valence-electron chi connectivity index (χ4n) is 0.691. The lowest BCUT2D eigenvalue weighted by Crippen LogP contribution is -2.11. The molecule has 1 aromatic rings. The molecule has 12 heavy (non-hydrogen) atoms. The number of aromatic nitrogens is 1. The molecule has 0 saturated carbocycles. The van der Waals surface area contributed by atoms with E-state index >= 15 is 0 Å². The third-order valence-electron chi connectivity index (χ3n) is 1.49. The van der Waals surface area contributed by atoms with E-state index in [2.05, 4.69) is 4.98 Å². The molecule has 0 amide bonds. The van der Waals surface area contributed by atoms with Gasteiger partial charge in [0.2, 0.25) is 0 Å². The van der Waals surface area contributed by atoms with Crippen LogP contribution in [0.1, 0.15) is 6.92 Å². The second-order valence-electron chi connectivity index (χ2n) is 2.60. The summed E-state index contributed by atoms with van der Waals surface area (Å²) in [6.45, 7) is 1.71. The standard InChI is InChI=1S/C8H11NO2S/c1-6(8(10)11)5-12-7-2-3-9-4-7/h2-4,6,9H,5H2,1H3,(H,10,11). The first kappa shape index (κ1) is 9.19. The van der Waals surface area contributed by atoms with Gasteiger partial charge in [-0.1, -0.05) is 6.92 Å². The number of aliphatic carboxylic acids is 1. The van der Waals surface area contributed by atoms with Gasteiger partial charge in [-0.25, -0.2) is 0 Å². The predicted octanol–water partition coefficient (Wildman–Crippen LogP) is 1.83. The predicted molar refractivity (Wildman–Crippen MR) is 48.3 cm³/mol. The summed E-state index contributed by atoms with van der Waals surface area (Å²) < 4.78 is 0. The van der Waals surface area contributed by atoms with Crippen molar-refractivity contribution < 1.29 is 9.90 Å². The van der Waals surface area contributed by atoms with Crippen LogP contribution < -0.4 is 0 Å². The van der Waals surface area contributed by atoms with Gasteiger partial charge >= 0.3 is 5.97 Å². The average Bonchev–Trinajstić information content (AvgIpc) is 2.51. The number of hydrogen-bond donors (Lipinski definition) is 2. The number of carboxylic acid groups (broad SMARTS) is 1. The van der Waals surface area contributed by atoms with Gasteiger partial charge in [0, 0.05) is 23.0 Å². The third kappa shape index (κ3) is 2.62. The zero-order valence-electron chi connectivity index (χ0n) is 6.78. The number of nitrogens with one attached hydrogen (secondary N) is 1. The first-order valence-corrected chi connectivity index (χ1v) is 4.67. The maximum Gasteiger partial charge on any atom is 0.307 e. The smallest absolute Gasteiger partial charge is 0.307 e. The topological polar surface area (TPSA) is 53.1 Å². The van der Waals surface area contributed by atoms with E-state index in [0.29, 0.717) is 5.75 Å². The second-order valence-corrected chi connectivity index (χ2v) is 3.69. The van der Waals surface area contributed by atoms with Crippen LogP contribution in [0.4, 0.5) is 0 Å². The Morgan fingerprint density at radius 1 is 1.83 bits per heavy atom. The third-order valence-corrected chi connectivity index (χ3v) is 2.74. The van der Waals surface area contributed by atoms with Crippen LogP contribution >= 0.6 is 11.8 Å². The van der Waals surface area contributed by atoms with Crippen LogP contribution in [0.15, 0.2) is 23.4 Å². The summed E-state index contributed by atoms with van der Waals surface area (Å²) in [4.78, 5) is 14.4. The molecule has 0 spiro atoms. The molecule has 0 aliphatic carbocycles. The molecule has 0 saturated heterocycles. The van der Waals surface area contributed by atoms with E-state index in [1.165, 1.54) is 0 Å².